The average molecular weight is 312 g/mol. The molecule has 0 saturated carbocycles. The molecule has 1 saturated heterocycles. The lowest BCUT2D eigenvalue weighted by Crippen LogP contribution is -2.59. The van der Waals surface area contributed by atoms with Gasteiger partial charge in [0.25, 0.3) is 0 Å². The third-order valence-corrected chi connectivity index (χ3v) is 2.59. The Hall–Kier alpha value is 0.630. The Balaban J connectivity index is 2.59. The lowest BCUT2D eigenvalue weighted by Gasteiger charge is -2.39. The number of ether oxygens (including phenoxy) is 2. The van der Waals surface area contributed by atoms with Crippen LogP contribution in [0.4, 0.5) is 0 Å². The summed E-state index contributed by atoms with van der Waals surface area (Å²) in [6.07, 6.45) is -6.79. The minimum absolute atomic E-state index is 0.375. The van der Waals surface area contributed by atoms with Gasteiger partial charge in [-0.3, -0.25) is 0 Å². The lowest BCUT2D eigenvalue weighted by molar-refractivity contribution is -0.300. The van der Waals surface area contributed by atoms with Crippen molar-refractivity contribution in [3.63, 3.8) is 0 Å². The topological polar surface area (TPSA) is 99.4 Å². The van der Waals surface area contributed by atoms with E-state index < -0.39 is 41.1 Å². The highest BCUT2D eigenvalue weighted by Gasteiger charge is 2.44. The highest BCUT2D eigenvalue weighted by Crippen LogP contribution is 2.29. The van der Waals surface area contributed by atoms with Gasteiger partial charge in [0.15, 0.2) is 6.29 Å². The summed E-state index contributed by atoms with van der Waals surface area (Å²) in [5.41, 5.74) is 0. The molecule has 0 aromatic rings. The summed E-state index contributed by atoms with van der Waals surface area (Å²) in [7, 11) is 0. The molecule has 0 amide bonds. The molecule has 1 unspecified atom stereocenters. The van der Waals surface area contributed by atoms with Crippen LogP contribution in [0, 0.1) is 0 Å². The second-order valence-corrected chi connectivity index (χ2v) is 6.14. The summed E-state index contributed by atoms with van der Waals surface area (Å²) in [6.45, 7) is -0.918. The van der Waals surface area contributed by atoms with Gasteiger partial charge in [-0.25, -0.2) is 0 Å². The van der Waals surface area contributed by atoms with E-state index in [0.29, 0.717) is 0 Å². The second-order valence-electron chi connectivity index (χ2n) is 3.62. The molecule has 1 aliphatic rings. The first-order chi connectivity index (χ1) is 7.76. The van der Waals surface area contributed by atoms with Crippen LogP contribution in [-0.4, -0.2) is 68.1 Å². The van der Waals surface area contributed by atoms with Gasteiger partial charge in [-0.2, -0.15) is 0 Å². The van der Waals surface area contributed by atoms with Gasteiger partial charge in [-0.1, -0.05) is 34.8 Å². The number of hydrogen-bond acceptors (Lipinski definition) is 6. The number of aliphatic hydroxyl groups excluding tert-OH is 4. The van der Waals surface area contributed by atoms with Crippen LogP contribution in [0.1, 0.15) is 0 Å². The molecule has 0 radical (unpaired) electrons. The third-order valence-electron chi connectivity index (χ3n) is 2.26. The van der Waals surface area contributed by atoms with Crippen LogP contribution in [0.25, 0.3) is 0 Å². The standard InChI is InChI=1S/C8H13Cl3O6/c9-8(10,11)2-16-7-6(15)5(14)4(13)3(1-12)17-7/h3-7,12-15H,1-2H2/t3-,4+,5+,6-,7?/m1/s1. The average Bonchev–Trinajstić information content (AvgIpc) is 2.24. The molecule has 5 atom stereocenters. The molecule has 0 aromatic heterocycles. The molecule has 1 aliphatic heterocycles. The van der Waals surface area contributed by atoms with Gasteiger partial charge in [0.1, 0.15) is 24.4 Å². The highest BCUT2D eigenvalue weighted by atomic mass is 35.6. The van der Waals surface area contributed by atoms with Crippen molar-refractivity contribution >= 4 is 34.8 Å². The van der Waals surface area contributed by atoms with Gasteiger partial charge in [0, 0.05) is 0 Å². The zero-order valence-corrected chi connectivity index (χ0v) is 10.8. The van der Waals surface area contributed by atoms with Crippen molar-refractivity contribution in [3.05, 3.63) is 0 Å². The van der Waals surface area contributed by atoms with E-state index in [1.54, 1.807) is 0 Å². The molecule has 4 N–H and O–H groups in total. The first-order valence-electron chi connectivity index (χ1n) is 4.75. The SMILES string of the molecule is OC[C@H]1OC(OCC(Cl)(Cl)Cl)[C@H](O)[C@@H](O)[C@H]1O. The van der Waals surface area contributed by atoms with Gasteiger partial charge in [-0.05, 0) is 0 Å². The number of halogens is 3. The molecule has 9 heteroatoms. The van der Waals surface area contributed by atoms with Crippen LogP contribution in [0.15, 0.2) is 0 Å². The van der Waals surface area contributed by atoms with Crippen LogP contribution in [0.5, 0.6) is 0 Å². The zero-order chi connectivity index (χ0) is 13.2. The van der Waals surface area contributed by atoms with Gasteiger partial charge in [0.2, 0.25) is 3.79 Å². The first-order valence-corrected chi connectivity index (χ1v) is 5.88. The van der Waals surface area contributed by atoms with Crippen molar-refractivity contribution in [3.8, 4) is 0 Å². The third kappa shape index (κ3) is 4.34. The minimum atomic E-state index is -1.70. The van der Waals surface area contributed by atoms with Crippen molar-refractivity contribution in [2.75, 3.05) is 13.2 Å². The van der Waals surface area contributed by atoms with Gasteiger partial charge in [-0.15, -0.1) is 0 Å². The summed E-state index contributed by atoms with van der Waals surface area (Å²) >= 11 is 16.3. The summed E-state index contributed by atoms with van der Waals surface area (Å²) in [5.74, 6) is 0. The van der Waals surface area contributed by atoms with Crippen molar-refractivity contribution in [1.82, 2.24) is 0 Å². The Morgan fingerprint density at radius 2 is 1.65 bits per heavy atom. The van der Waals surface area contributed by atoms with Crippen LogP contribution >= 0.6 is 34.8 Å². The van der Waals surface area contributed by atoms with E-state index in [4.69, 9.17) is 49.4 Å². The Morgan fingerprint density at radius 3 is 2.12 bits per heavy atom. The van der Waals surface area contributed by atoms with E-state index in [9.17, 15) is 15.3 Å². The molecule has 0 spiro atoms. The van der Waals surface area contributed by atoms with Crippen LogP contribution in [0.3, 0.4) is 0 Å². The maximum absolute atomic E-state index is 9.55. The van der Waals surface area contributed by atoms with Gasteiger partial charge in [0.05, 0.1) is 13.2 Å². The van der Waals surface area contributed by atoms with E-state index in [-0.39, 0.29) is 6.61 Å². The summed E-state index contributed by atoms with van der Waals surface area (Å²) < 4.78 is 8.28. The summed E-state index contributed by atoms with van der Waals surface area (Å²) in [5, 5.41) is 37.3. The number of hydrogen-bond donors (Lipinski definition) is 4. The molecule has 102 valence electrons. The zero-order valence-electron chi connectivity index (χ0n) is 8.54. The second kappa shape index (κ2) is 6.18. The number of rotatable bonds is 3. The fraction of sp³-hybridized carbons (Fsp3) is 1.00. The maximum atomic E-state index is 9.55. The lowest BCUT2D eigenvalue weighted by atomic mass is 9.99. The Morgan fingerprint density at radius 1 is 1.06 bits per heavy atom. The van der Waals surface area contributed by atoms with Crippen molar-refractivity contribution in [1.29, 1.82) is 0 Å². The molecule has 0 bridgehead atoms. The largest absolute Gasteiger partial charge is 0.394 e. The fourth-order valence-electron chi connectivity index (χ4n) is 1.38. The van der Waals surface area contributed by atoms with Crippen molar-refractivity contribution < 1.29 is 29.9 Å². The quantitative estimate of drug-likeness (QED) is 0.508. The van der Waals surface area contributed by atoms with E-state index in [1.807, 2.05) is 0 Å². The molecular weight excluding hydrogens is 298 g/mol. The molecule has 1 fully saturated rings. The Bertz CT molecular complexity index is 246. The van der Waals surface area contributed by atoms with Crippen LogP contribution in [0.2, 0.25) is 0 Å². The normalized spacial score (nSPS) is 39.4. The van der Waals surface area contributed by atoms with Crippen LogP contribution in [-0.2, 0) is 9.47 Å². The van der Waals surface area contributed by atoms with Gasteiger partial charge >= 0.3 is 0 Å². The molecular formula is C8H13Cl3O6. The number of alkyl halides is 3. The van der Waals surface area contributed by atoms with Crippen molar-refractivity contribution in [2.24, 2.45) is 0 Å². The summed E-state index contributed by atoms with van der Waals surface area (Å²) in [6, 6.07) is 0. The molecule has 0 aromatic carbocycles. The van der Waals surface area contributed by atoms with E-state index >= 15 is 0 Å². The van der Waals surface area contributed by atoms with E-state index in [1.165, 1.54) is 0 Å². The number of aliphatic hydroxyl groups is 4. The molecule has 1 heterocycles. The first kappa shape index (κ1) is 15.7. The minimum Gasteiger partial charge on any atom is -0.394 e. The maximum Gasteiger partial charge on any atom is 0.213 e. The van der Waals surface area contributed by atoms with Crippen LogP contribution < -0.4 is 0 Å². The predicted molar refractivity (Wildman–Crippen MR) is 60.0 cm³/mol. The van der Waals surface area contributed by atoms with E-state index in [2.05, 4.69) is 0 Å². The smallest absolute Gasteiger partial charge is 0.213 e. The monoisotopic (exact) mass is 310 g/mol. The molecule has 17 heavy (non-hydrogen) atoms. The van der Waals surface area contributed by atoms with E-state index in [0.717, 1.165) is 0 Å². The highest BCUT2D eigenvalue weighted by molar-refractivity contribution is 6.67. The molecule has 0 aliphatic carbocycles. The van der Waals surface area contributed by atoms with Gasteiger partial charge < -0.3 is 29.9 Å². The Labute approximate surface area is 113 Å². The summed E-state index contributed by atoms with van der Waals surface area (Å²) in [4.78, 5) is 0. The molecule has 1 rings (SSSR count). The predicted octanol–water partition coefficient (Wildman–Crippen LogP) is -0.827. The van der Waals surface area contributed by atoms with Crippen molar-refractivity contribution in [2.45, 2.75) is 34.5 Å². The molecule has 6 nitrogen and oxygen atoms in total. The fourth-order valence-corrected chi connectivity index (χ4v) is 1.57. The Kier molecular flexibility index (Phi) is 5.71.